The first kappa shape index (κ1) is 22.9. The second kappa shape index (κ2) is 10.5. The highest BCUT2D eigenvalue weighted by Crippen LogP contribution is 2.45. The molecule has 5 nitrogen and oxygen atoms in total. The van der Waals surface area contributed by atoms with Gasteiger partial charge in [0.15, 0.2) is 11.5 Å². The molecule has 0 saturated carbocycles. The largest absolute Gasteiger partial charge is 0.493 e. The summed E-state index contributed by atoms with van der Waals surface area (Å²) in [6, 6.07) is 4.91. The summed E-state index contributed by atoms with van der Waals surface area (Å²) in [6.45, 7) is 11.2. The van der Waals surface area contributed by atoms with Gasteiger partial charge in [-0.05, 0) is 92.1 Å². The van der Waals surface area contributed by atoms with Gasteiger partial charge in [-0.2, -0.15) is 0 Å². The smallest absolute Gasteiger partial charge is 0.161 e. The number of nitrogens with zero attached hydrogens (tertiary/aromatic N) is 1. The molecule has 0 aliphatic carbocycles. The molecule has 1 aromatic carbocycles. The molecule has 1 aromatic rings. The fourth-order valence-electron chi connectivity index (χ4n) is 6.02. The normalized spacial score (nSPS) is 27.1. The summed E-state index contributed by atoms with van der Waals surface area (Å²) in [5.74, 6) is 4.53. The van der Waals surface area contributed by atoms with Gasteiger partial charge in [0.25, 0.3) is 0 Å². The summed E-state index contributed by atoms with van der Waals surface area (Å²) in [7, 11) is 3.47. The maximum atomic E-state index is 6.38. The minimum atomic E-state index is 0.472. The maximum absolute atomic E-state index is 6.38. The van der Waals surface area contributed by atoms with Crippen molar-refractivity contribution in [2.24, 2.45) is 23.7 Å². The van der Waals surface area contributed by atoms with E-state index in [-0.39, 0.29) is 0 Å². The summed E-state index contributed by atoms with van der Waals surface area (Å²) in [4.78, 5) is 2.73. The van der Waals surface area contributed by atoms with Gasteiger partial charge in [-0.15, -0.1) is 0 Å². The second-order valence-electron chi connectivity index (χ2n) is 10.3. The Balaban J connectivity index is 1.48. The predicted octanol–water partition coefficient (Wildman–Crippen LogP) is 4.30. The summed E-state index contributed by atoms with van der Waals surface area (Å²) < 4.78 is 17.6. The molecule has 2 saturated heterocycles. The highest BCUT2D eigenvalue weighted by Gasteiger charge is 2.39. The predicted molar refractivity (Wildman–Crippen MR) is 125 cm³/mol. The van der Waals surface area contributed by atoms with Crippen LogP contribution in [0, 0.1) is 23.7 Å². The molecule has 3 aliphatic heterocycles. The lowest BCUT2D eigenvalue weighted by Crippen LogP contribution is -2.47. The number of nitrogens with one attached hydrogen (secondary N) is 1. The first-order chi connectivity index (χ1) is 15.1. The van der Waals surface area contributed by atoms with Gasteiger partial charge in [0.05, 0.1) is 14.2 Å². The topological polar surface area (TPSA) is 43.0 Å². The fourth-order valence-corrected chi connectivity index (χ4v) is 6.02. The molecule has 0 unspecified atom stereocenters. The monoisotopic (exact) mass is 430 g/mol. The molecule has 0 amide bonds. The Hall–Kier alpha value is -1.30. The van der Waals surface area contributed by atoms with Crippen molar-refractivity contribution in [2.45, 2.75) is 52.0 Å². The first-order valence-corrected chi connectivity index (χ1v) is 12.4. The van der Waals surface area contributed by atoms with Crippen LogP contribution in [0.1, 0.15) is 56.7 Å². The molecule has 174 valence electrons. The average molecular weight is 431 g/mol. The Morgan fingerprint density at radius 3 is 2.48 bits per heavy atom. The third-order valence-electron chi connectivity index (χ3n) is 7.69. The molecular formula is C26H42N2O3. The zero-order valence-electron chi connectivity index (χ0n) is 20.0. The van der Waals surface area contributed by atoms with Gasteiger partial charge >= 0.3 is 0 Å². The van der Waals surface area contributed by atoms with Crippen molar-refractivity contribution in [1.82, 2.24) is 10.2 Å². The summed E-state index contributed by atoms with van der Waals surface area (Å²) in [5, 5.41) is 3.46. The standard InChI is InChI=1S/C26H42N2O3/c1-18(2)11-21-15-28-10-7-20-13-25(29-3)26(30-4)14-23(20)24(28)12-22(21)17-31-16-19-5-8-27-9-6-19/h13-14,18-19,21-22,24,27H,5-12,15-17H2,1-4H3/t21-,22+,24-/m1/s1. The summed E-state index contributed by atoms with van der Waals surface area (Å²) in [5.41, 5.74) is 2.87. The van der Waals surface area contributed by atoms with Gasteiger partial charge in [-0.25, -0.2) is 0 Å². The van der Waals surface area contributed by atoms with Crippen LogP contribution in [-0.2, 0) is 11.2 Å². The molecule has 31 heavy (non-hydrogen) atoms. The van der Waals surface area contributed by atoms with Crippen molar-refractivity contribution in [3.8, 4) is 11.5 Å². The molecule has 5 heteroatoms. The van der Waals surface area contributed by atoms with E-state index in [1.165, 1.54) is 43.4 Å². The van der Waals surface area contributed by atoms with Crippen LogP contribution in [-0.4, -0.2) is 58.5 Å². The Labute approximate surface area is 188 Å². The van der Waals surface area contributed by atoms with E-state index in [4.69, 9.17) is 14.2 Å². The van der Waals surface area contributed by atoms with Gasteiger partial charge in [0.1, 0.15) is 0 Å². The van der Waals surface area contributed by atoms with Gasteiger partial charge in [-0.1, -0.05) is 13.8 Å². The Morgan fingerprint density at radius 1 is 1.03 bits per heavy atom. The minimum Gasteiger partial charge on any atom is -0.493 e. The van der Waals surface area contributed by atoms with Gasteiger partial charge in [0, 0.05) is 32.3 Å². The number of benzene rings is 1. The molecule has 3 atom stereocenters. The Bertz CT molecular complexity index is 717. The maximum Gasteiger partial charge on any atom is 0.161 e. The van der Waals surface area contributed by atoms with Gasteiger partial charge in [-0.3, -0.25) is 4.90 Å². The number of fused-ring (bicyclic) bond motifs is 3. The van der Waals surface area contributed by atoms with Crippen molar-refractivity contribution < 1.29 is 14.2 Å². The van der Waals surface area contributed by atoms with E-state index < -0.39 is 0 Å². The third-order valence-corrected chi connectivity index (χ3v) is 7.69. The van der Waals surface area contributed by atoms with E-state index >= 15 is 0 Å². The van der Waals surface area contributed by atoms with E-state index in [9.17, 15) is 0 Å². The summed E-state index contributed by atoms with van der Waals surface area (Å²) >= 11 is 0. The van der Waals surface area contributed by atoms with Crippen LogP contribution in [0.25, 0.3) is 0 Å². The van der Waals surface area contributed by atoms with Crippen molar-refractivity contribution in [2.75, 3.05) is 53.6 Å². The van der Waals surface area contributed by atoms with E-state index in [0.717, 1.165) is 68.5 Å². The van der Waals surface area contributed by atoms with Crippen molar-refractivity contribution in [3.63, 3.8) is 0 Å². The van der Waals surface area contributed by atoms with E-state index in [2.05, 4.69) is 36.2 Å². The van der Waals surface area contributed by atoms with Crippen LogP contribution in [0.2, 0.25) is 0 Å². The molecule has 4 rings (SSSR count). The van der Waals surface area contributed by atoms with Crippen molar-refractivity contribution in [1.29, 1.82) is 0 Å². The van der Waals surface area contributed by atoms with Gasteiger partial charge < -0.3 is 19.5 Å². The van der Waals surface area contributed by atoms with Crippen LogP contribution in [0.3, 0.4) is 0 Å². The molecule has 2 fully saturated rings. The fraction of sp³-hybridized carbons (Fsp3) is 0.769. The molecular weight excluding hydrogens is 388 g/mol. The number of piperidine rings is 2. The highest BCUT2D eigenvalue weighted by molar-refractivity contribution is 5.49. The minimum absolute atomic E-state index is 0.472. The van der Waals surface area contributed by atoms with Crippen molar-refractivity contribution in [3.05, 3.63) is 23.3 Å². The molecule has 0 aromatic heterocycles. The lowest BCUT2D eigenvalue weighted by molar-refractivity contribution is -0.0151. The van der Waals surface area contributed by atoms with Crippen LogP contribution < -0.4 is 14.8 Å². The molecule has 0 spiro atoms. The number of methoxy groups -OCH3 is 2. The quantitative estimate of drug-likeness (QED) is 0.666. The SMILES string of the molecule is COc1cc2c(cc1OC)[C@H]1C[C@@H](COCC3CCNCC3)[C@H](CC(C)C)CN1CC2. The second-order valence-corrected chi connectivity index (χ2v) is 10.3. The molecule has 3 aliphatic rings. The van der Waals surface area contributed by atoms with Crippen LogP contribution in [0.4, 0.5) is 0 Å². The zero-order valence-corrected chi connectivity index (χ0v) is 20.0. The Kier molecular flexibility index (Phi) is 7.78. The lowest BCUT2D eigenvalue weighted by Gasteiger charge is -2.48. The Morgan fingerprint density at radius 2 is 1.77 bits per heavy atom. The van der Waals surface area contributed by atoms with E-state index in [1.54, 1.807) is 14.2 Å². The highest BCUT2D eigenvalue weighted by atomic mass is 16.5. The van der Waals surface area contributed by atoms with E-state index in [0.29, 0.717) is 12.0 Å². The summed E-state index contributed by atoms with van der Waals surface area (Å²) in [6.07, 6.45) is 6.09. The van der Waals surface area contributed by atoms with Gasteiger partial charge in [0.2, 0.25) is 0 Å². The molecule has 3 heterocycles. The molecule has 0 radical (unpaired) electrons. The van der Waals surface area contributed by atoms with Crippen LogP contribution >= 0.6 is 0 Å². The first-order valence-electron chi connectivity index (χ1n) is 12.4. The molecule has 0 bridgehead atoms. The molecule has 1 N–H and O–H groups in total. The lowest BCUT2D eigenvalue weighted by atomic mass is 9.74. The number of ether oxygens (including phenoxy) is 3. The third kappa shape index (κ3) is 5.37. The van der Waals surface area contributed by atoms with Crippen molar-refractivity contribution >= 4 is 0 Å². The van der Waals surface area contributed by atoms with E-state index in [1.807, 2.05) is 0 Å². The van der Waals surface area contributed by atoms with Crippen LogP contribution in [0.5, 0.6) is 11.5 Å². The number of rotatable bonds is 8. The van der Waals surface area contributed by atoms with Crippen LogP contribution in [0.15, 0.2) is 12.1 Å². The number of hydrogen-bond donors (Lipinski definition) is 1. The number of hydrogen-bond acceptors (Lipinski definition) is 5. The average Bonchev–Trinajstić information content (AvgIpc) is 2.78. The zero-order chi connectivity index (χ0) is 21.8.